The molecule has 1 aliphatic rings. The molecule has 0 radical (unpaired) electrons. The van der Waals surface area contributed by atoms with Crippen molar-refractivity contribution in [3.8, 4) is 28.3 Å². The van der Waals surface area contributed by atoms with E-state index in [0.717, 1.165) is 55.2 Å². The van der Waals surface area contributed by atoms with Gasteiger partial charge in [-0.2, -0.15) is 0 Å². The summed E-state index contributed by atoms with van der Waals surface area (Å²) in [4.78, 5) is 18.7. The lowest BCUT2D eigenvalue weighted by Crippen LogP contribution is -2.33. The number of benzene rings is 2. The Hall–Kier alpha value is -3.65. The summed E-state index contributed by atoms with van der Waals surface area (Å²) in [7, 11) is 5.75. The van der Waals surface area contributed by atoms with Crippen LogP contribution in [-0.2, 0) is 0 Å². The molecule has 1 aliphatic heterocycles. The largest absolute Gasteiger partial charge is 0.494 e. The van der Waals surface area contributed by atoms with Crippen LogP contribution in [0, 0.1) is 11.6 Å². The molecule has 5 rings (SSSR count). The first-order chi connectivity index (χ1) is 17.4. The smallest absolute Gasteiger partial charge is 0.163 e. The number of aromatic nitrogens is 3. The Labute approximate surface area is 209 Å². The second-order valence-corrected chi connectivity index (χ2v) is 9.40. The van der Waals surface area contributed by atoms with Gasteiger partial charge >= 0.3 is 0 Å². The number of anilines is 1. The maximum Gasteiger partial charge on any atom is 0.163 e. The summed E-state index contributed by atoms with van der Waals surface area (Å²) in [6.07, 6.45) is 6.65. The third-order valence-corrected chi connectivity index (χ3v) is 6.70. The Morgan fingerprint density at radius 2 is 1.89 bits per heavy atom. The molecule has 1 saturated heterocycles. The van der Waals surface area contributed by atoms with Crippen molar-refractivity contribution in [3.63, 3.8) is 0 Å². The van der Waals surface area contributed by atoms with Gasteiger partial charge in [-0.25, -0.2) is 18.7 Å². The van der Waals surface area contributed by atoms with Crippen LogP contribution in [0.25, 0.3) is 33.4 Å². The second kappa shape index (κ2) is 10.1. The van der Waals surface area contributed by atoms with Crippen LogP contribution in [-0.4, -0.2) is 60.2 Å². The van der Waals surface area contributed by atoms with E-state index in [1.807, 2.05) is 24.3 Å². The van der Waals surface area contributed by atoms with Crippen molar-refractivity contribution in [3.05, 3.63) is 66.5 Å². The molecule has 0 aliphatic carbocycles. The average Bonchev–Trinajstić information content (AvgIpc) is 3.36. The van der Waals surface area contributed by atoms with Gasteiger partial charge in [0.25, 0.3) is 0 Å². The molecule has 1 atom stereocenters. The summed E-state index contributed by atoms with van der Waals surface area (Å²) in [5.74, 6) is 0.173. The predicted molar refractivity (Wildman–Crippen MR) is 138 cm³/mol. The van der Waals surface area contributed by atoms with Gasteiger partial charge in [0.05, 0.1) is 7.11 Å². The molecular weight excluding hydrogens is 460 g/mol. The van der Waals surface area contributed by atoms with E-state index in [-0.39, 0.29) is 0 Å². The lowest BCUT2D eigenvalue weighted by atomic mass is 10.0. The van der Waals surface area contributed by atoms with Crippen molar-refractivity contribution in [1.82, 2.24) is 19.9 Å². The maximum atomic E-state index is 14.1. The number of fused-ring (bicyclic) bond motifs is 1. The minimum Gasteiger partial charge on any atom is -0.494 e. The highest BCUT2D eigenvalue weighted by Gasteiger charge is 2.29. The van der Waals surface area contributed by atoms with Gasteiger partial charge in [0.1, 0.15) is 17.1 Å². The number of hydrogen-bond acceptors (Lipinski definition) is 6. The molecule has 1 fully saturated rings. The molecule has 4 aromatic rings. The normalized spacial score (nSPS) is 15.7. The molecular formula is C28H29F2N5O. The van der Waals surface area contributed by atoms with Crippen LogP contribution in [0.5, 0.6) is 5.75 Å². The van der Waals surface area contributed by atoms with Crippen molar-refractivity contribution in [2.24, 2.45) is 0 Å². The Bertz CT molecular complexity index is 1380. The fourth-order valence-corrected chi connectivity index (χ4v) is 4.85. The van der Waals surface area contributed by atoms with E-state index < -0.39 is 11.6 Å². The molecule has 0 spiro atoms. The summed E-state index contributed by atoms with van der Waals surface area (Å²) in [6.45, 7) is 1.86. The number of hydrogen-bond donors (Lipinski definition) is 0. The molecule has 1 unspecified atom stereocenters. The van der Waals surface area contributed by atoms with E-state index in [0.29, 0.717) is 34.3 Å². The number of methoxy groups -OCH3 is 1. The molecule has 2 aromatic carbocycles. The van der Waals surface area contributed by atoms with E-state index in [1.54, 1.807) is 25.6 Å². The van der Waals surface area contributed by atoms with Crippen molar-refractivity contribution in [1.29, 1.82) is 0 Å². The summed E-state index contributed by atoms with van der Waals surface area (Å²) in [6, 6.07) is 11.8. The van der Waals surface area contributed by atoms with E-state index in [1.165, 1.54) is 6.07 Å². The van der Waals surface area contributed by atoms with Gasteiger partial charge in [0, 0.05) is 35.9 Å². The number of ether oxygens (including phenoxy) is 1. The van der Waals surface area contributed by atoms with E-state index in [2.05, 4.69) is 28.9 Å². The van der Waals surface area contributed by atoms with E-state index in [4.69, 9.17) is 14.7 Å². The molecule has 186 valence electrons. The van der Waals surface area contributed by atoms with Crippen LogP contribution in [0.15, 0.2) is 54.9 Å². The van der Waals surface area contributed by atoms with Crippen molar-refractivity contribution in [2.45, 2.75) is 25.3 Å². The van der Waals surface area contributed by atoms with E-state index in [9.17, 15) is 8.78 Å². The highest BCUT2D eigenvalue weighted by Crippen LogP contribution is 2.39. The van der Waals surface area contributed by atoms with Gasteiger partial charge in [0.15, 0.2) is 17.5 Å². The SMILES string of the molecule is COc1cc(-c2ccc(F)c(F)c2)cc2c(N3CCCC3CCN(C)C)nc(-c3cccnc3)nc12. The molecule has 36 heavy (non-hydrogen) atoms. The molecule has 0 N–H and O–H groups in total. The third kappa shape index (κ3) is 4.73. The fraction of sp³-hybridized carbons (Fsp3) is 0.321. The lowest BCUT2D eigenvalue weighted by molar-refractivity contribution is 0.380. The van der Waals surface area contributed by atoms with Crippen LogP contribution in [0.3, 0.4) is 0 Å². The second-order valence-electron chi connectivity index (χ2n) is 9.40. The fourth-order valence-electron chi connectivity index (χ4n) is 4.85. The summed E-state index contributed by atoms with van der Waals surface area (Å²) in [5, 5.41) is 0.818. The summed E-state index contributed by atoms with van der Waals surface area (Å²) < 4.78 is 33.5. The highest BCUT2D eigenvalue weighted by molar-refractivity contribution is 5.98. The number of nitrogens with zero attached hydrogens (tertiary/aromatic N) is 5. The van der Waals surface area contributed by atoms with Gasteiger partial charge in [0.2, 0.25) is 0 Å². The Kier molecular flexibility index (Phi) is 6.78. The van der Waals surface area contributed by atoms with Crippen LogP contribution in [0.4, 0.5) is 14.6 Å². The van der Waals surface area contributed by atoms with Gasteiger partial charge in [-0.1, -0.05) is 6.07 Å². The van der Waals surface area contributed by atoms with Crippen molar-refractivity contribution in [2.75, 3.05) is 39.2 Å². The van der Waals surface area contributed by atoms with Gasteiger partial charge in [-0.15, -0.1) is 0 Å². The van der Waals surface area contributed by atoms with Gasteiger partial charge < -0.3 is 14.5 Å². The number of rotatable bonds is 7. The molecule has 2 aromatic heterocycles. The zero-order valence-corrected chi connectivity index (χ0v) is 20.7. The minimum absolute atomic E-state index is 0.338. The summed E-state index contributed by atoms with van der Waals surface area (Å²) >= 11 is 0. The number of halogens is 2. The first-order valence-electron chi connectivity index (χ1n) is 12.1. The number of pyridine rings is 1. The highest BCUT2D eigenvalue weighted by atomic mass is 19.2. The first kappa shape index (κ1) is 24.1. The van der Waals surface area contributed by atoms with Gasteiger partial charge in [-0.3, -0.25) is 4.98 Å². The quantitative estimate of drug-likeness (QED) is 0.339. The zero-order chi connectivity index (χ0) is 25.2. The Morgan fingerprint density at radius 3 is 2.61 bits per heavy atom. The Morgan fingerprint density at radius 1 is 1.03 bits per heavy atom. The molecule has 6 nitrogen and oxygen atoms in total. The molecule has 3 heterocycles. The van der Waals surface area contributed by atoms with Crippen LogP contribution in [0.2, 0.25) is 0 Å². The third-order valence-electron chi connectivity index (χ3n) is 6.70. The van der Waals surface area contributed by atoms with Crippen LogP contribution < -0.4 is 9.64 Å². The monoisotopic (exact) mass is 489 g/mol. The molecule has 0 bridgehead atoms. The standard InChI is InChI=1S/C28H29F2N5O/c1-34(2)13-10-21-7-5-12-35(21)28-22-14-20(18-8-9-23(29)24(30)15-18)16-25(36-3)26(22)32-27(33-28)19-6-4-11-31-17-19/h4,6,8-9,11,14-17,21H,5,7,10,12-13H2,1-3H3. The molecule has 0 amide bonds. The predicted octanol–water partition coefficient (Wildman–Crippen LogP) is 5.57. The van der Waals surface area contributed by atoms with Crippen molar-refractivity contribution < 1.29 is 13.5 Å². The summed E-state index contributed by atoms with van der Waals surface area (Å²) in [5.41, 5.74) is 2.76. The minimum atomic E-state index is -0.891. The Balaban J connectivity index is 1.72. The van der Waals surface area contributed by atoms with Crippen LogP contribution >= 0.6 is 0 Å². The maximum absolute atomic E-state index is 14.1. The van der Waals surface area contributed by atoms with Crippen LogP contribution in [0.1, 0.15) is 19.3 Å². The topological polar surface area (TPSA) is 54.4 Å². The average molecular weight is 490 g/mol. The van der Waals surface area contributed by atoms with Crippen molar-refractivity contribution >= 4 is 16.7 Å². The molecule has 8 heteroatoms. The zero-order valence-electron chi connectivity index (χ0n) is 20.7. The first-order valence-corrected chi connectivity index (χ1v) is 12.1. The van der Waals surface area contributed by atoms with E-state index >= 15 is 0 Å². The lowest BCUT2D eigenvalue weighted by Gasteiger charge is -2.28. The van der Waals surface area contributed by atoms with Gasteiger partial charge in [-0.05, 0) is 87.4 Å². The molecule has 0 saturated carbocycles.